The Morgan fingerprint density at radius 3 is 2.35 bits per heavy atom. The molecule has 1 N–H and O–H groups in total. The van der Waals surface area contributed by atoms with Crippen LogP contribution in [0.1, 0.15) is 21.5 Å². The molecule has 0 saturated carbocycles. The van der Waals surface area contributed by atoms with Gasteiger partial charge in [-0.3, -0.25) is 9.78 Å². The summed E-state index contributed by atoms with van der Waals surface area (Å²) < 4.78 is 22.4. The van der Waals surface area contributed by atoms with E-state index >= 15 is 0 Å². The molecule has 34 heavy (non-hydrogen) atoms. The minimum atomic E-state index is -0.203. The van der Waals surface area contributed by atoms with E-state index in [0.29, 0.717) is 40.6 Å². The molecule has 4 aromatic rings. The quantitative estimate of drug-likeness (QED) is 0.386. The van der Waals surface area contributed by atoms with Crippen LogP contribution in [0.3, 0.4) is 0 Å². The van der Waals surface area contributed by atoms with Gasteiger partial charge in [-0.25, -0.2) is 0 Å². The molecule has 7 heteroatoms. The SMILES string of the molecule is COc1ccccc1CNC(=O)c1cc(C)cc(Oc2ccnc3cc(OC)c(OC)cc23)c1. The van der Waals surface area contributed by atoms with E-state index in [0.717, 1.165) is 22.3 Å². The van der Waals surface area contributed by atoms with Crippen molar-refractivity contribution in [3.63, 3.8) is 0 Å². The monoisotopic (exact) mass is 458 g/mol. The first kappa shape index (κ1) is 22.9. The summed E-state index contributed by atoms with van der Waals surface area (Å²) >= 11 is 0. The number of carbonyl (C=O) groups excluding carboxylic acids is 1. The maximum absolute atomic E-state index is 12.9. The minimum Gasteiger partial charge on any atom is -0.496 e. The fourth-order valence-electron chi connectivity index (χ4n) is 3.73. The van der Waals surface area contributed by atoms with Gasteiger partial charge in [0.2, 0.25) is 0 Å². The van der Waals surface area contributed by atoms with Gasteiger partial charge in [0.05, 0.1) is 26.8 Å². The number of amides is 1. The van der Waals surface area contributed by atoms with Crippen LogP contribution in [0.5, 0.6) is 28.7 Å². The molecule has 0 fully saturated rings. The molecule has 0 radical (unpaired) electrons. The van der Waals surface area contributed by atoms with Gasteiger partial charge in [0.15, 0.2) is 11.5 Å². The van der Waals surface area contributed by atoms with Gasteiger partial charge in [0.25, 0.3) is 5.91 Å². The number of hydrogen-bond acceptors (Lipinski definition) is 6. The highest BCUT2D eigenvalue weighted by atomic mass is 16.5. The number of hydrogen-bond donors (Lipinski definition) is 1. The van der Waals surface area contributed by atoms with Crippen molar-refractivity contribution >= 4 is 16.8 Å². The molecule has 1 aromatic heterocycles. The van der Waals surface area contributed by atoms with Crippen molar-refractivity contribution in [3.05, 3.63) is 83.6 Å². The molecule has 1 amide bonds. The summed E-state index contributed by atoms with van der Waals surface area (Å²) in [7, 11) is 4.77. The molecule has 0 aliphatic rings. The number of fused-ring (bicyclic) bond motifs is 1. The number of para-hydroxylation sites is 1. The third-order valence-corrected chi connectivity index (χ3v) is 5.38. The van der Waals surface area contributed by atoms with Crippen molar-refractivity contribution in [3.8, 4) is 28.7 Å². The third-order valence-electron chi connectivity index (χ3n) is 5.38. The van der Waals surface area contributed by atoms with Crippen molar-refractivity contribution in [2.24, 2.45) is 0 Å². The van der Waals surface area contributed by atoms with E-state index in [1.165, 1.54) is 0 Å². The van der Waals surface area contributed by atoms with Crippen molar-refractivity contribution in [2.45, 2.75) is 13.5 Å². The molecule has 7 nitrogen and oxygen atoms in total. The van der Waals surface area contributed by atoms with Gasteiger partial charge in [-0.2, -0.15) is 0 Å². The molecule has 0 aliphatic heterocycles. The number of ether oxygens (including phenoxy) is 4. The van der Waals surface area contributed by atoms with Crippen molar-refractivity contribution in [2.75, 3.05) is 21.3 Å². The summed E-state index contributed by atoms with van der Waals surface area (Å²) in [6, 6.07) is 18.4. The Bertz CT molecular complexity index is 1340. The topological polar surface area (TPSA) is 78.9 Å². The van der Waals surface area contributed by atoms with Crippen LogP contribution in [0.15, 0.2) is 66.9 Å². The van der Waals surface area contributed by atoms with Crippen molar-refractivity contribution < 1.29 is 23.7 Å². The van der Waals surface area contributed by atoms with Crippen LogP contribution < -0.4 is 24.3 Å². The highest BCUT2D eigenvalue weighted by Crippen LogP contribution is 2.37. The number of aryl methyl sites for hydroxylation is 1. The first-order chi connectivity index (χ1) is 16.5. The summed E-state index contributed by atoms with van der Waals surface area (Å²) in [4.78, 5) is 17.3. The molecule has 0 bridgehead atoms. The van der Waals surface area contributed by atoms with Crippen LogP contribution in [0.4, 0.5) is 0 Å². The Morgan fingerprint density at radius 1 is 0.853 bits per heavy atom. The van der Waals surface area contributed by atoms with E-state index < -0.39 is 0 Å². The van der Waals surface area contributed by atoms with Gasteiger partial charge in [0, 0.05) is 35.3 Å². The molecule has 3 aromatic carbocycles. The first-order valence-corrected chi connectivity index (χ1v) is 10.7. The van der Waals surface area contributed by atoms with Crippen molar-refractivity contribution in [1.82, 2.24) is 10.3 Å². The summed E-state index contributed by atoms with van der Waals surface area (Å²) in [5.74, 6) is 2.83. The Morgan fingerprint density at radius 2 is 1.59 bits per heavy atom. The zero-order valence-corrected chi connectivity index (χ0v) is 19.5. The van der Waals surface area contributed by atoms with Gasteiger partial charge < -0.3 is 24.3 Å². The standard InChI is InChI=1S/C27H26N2O5/c1-17-11-19(27(30)29-16-18-7-5-6-8-23(18)31-2)13-20(12-17)34-24-9-10-28-22-15-26(33-4)25(32-3)14-21(22)24/h5-15H,16H2,1-4H3,(H,29,30). The molecule has 0 spiro atoms. The molecule has 0 saturated heterocycles. The number of aromatic nitrogens is 1. The first-order valence-electron chi connectivity index (χ1n) is 10.7. The number of nitrogens with zero attached hydrogens (tertiary/aromatic N) is 1. The van der Waals surface area contributed by atoms with Gasteiger partial charge in [0.1, 0.15) is 17.2 Å². The summed E-state index contributed by atoms with van der Waals surface area (Å²) in [5, 5.41) is 3.72. The normalized spacial score (nSPS) is 10.6. The van der Waals surface area contributed by atoms with E-state index in [4.69, 9.17) is 18.9 Å². The van der Waals surface area contributed by atoms with Crippen LogP contribution in [0.25, 0.3) is 10.9 Å². The largest absolute Gasteiger partial charge is 0.496 e. The number of rotatable bonds is 8. The second-order valence-corrected chi connectivity index (χ2v) is 7.66. The van der Waals surface area contributed by atoms with E-state index in [-0.39, 0.29) is 5.91 Å². The number of benzene rings is 3. The predicted octanol–water partition coefficient (Wildman–Crippen LogP) is 5.29. The Kier molecular flexibility index (Phi) is 6.82. The van der Waals surface area contributed by atoms with Crippen LogP contribution in [-0.4, -0.2) is 32.2 Å². The van der Waals surface area contributed by atoms with Gasteiger partial charge in [-0.15, -0.1) is 0 Å². The number of methoxy groups -OCH3 is 3. The van der Waals surface area contributed by atoms with E-state index in [2.05, 4.69) is 10.3 Å². The van der Waals surface area contributed by atoms with Gasteiger partial charge in [-0.1, -0.05) is 18.2 Å². The minimum absolute atomic E-state index is 0.203. The maximum atomic E-state index is 12.9. The second kappa shape index (κ2) is 10.1. The lowest BCUT2D eigenvalue weighted by molar-refractivity contribution is 0.0950. The van der Waals surface area contributed by atoms with Crippen LogP contribution in [0, 0.1) is 6.92 Å². The van der Waals surface area contributed by atoms with Crippen LogP contribution in [-0.2, 0) is 6.54 Å². The third kappa shape index (κ3) is 4.88. The zero-order valence-electron chi connectivity index (χ0n) is 19.5. The average Bonchev–Trinajstić information content (AvgIpc) is 2.86. The summed E-state index contributed by atoms with van der Waals surface area (Å²) in [5.41, 5.74) is 3.01. The van der Waals surface area contributed by atoms with Gasteiger partial charge in [-0.05, 0) is 48.9 Å². The maximum Gasteiger partial charge on any atom is 0.251 e. The molecule has 1 heterocycles. The molecule has 0 unspecified atom stereocenters. The highest BCUT2D eigenvalue weighted by molar-refractivity contribution is 5.95. The number of nitrogens with one attached hydrogen (secondary N) is 1. The predicted molar refractivity (Wildman–Crippen MR) is 130 cm³/mol. The molecule has 0 atom stereocenters. The van der Waals surface area contributed by atoms with Crippen molar-refractivity contribution in [1.29, 1.82) is 0 Å². The average molecular weight is 459 g/mol. The number of pyridine rings is 1. The van der Waals surface area contributed by atoms with Crippen LogP contribution in [0.2, 0.25) is 0 Å². The fraction of sp³-hybridized carbons (Fsp3) is 0.185. The fourth-order valence-corrected chi connectivity index (χ4v) is 3.73. The number of carbonyl (C=O) groups is 1. The molecule has 4 rings (SSSR count). The Labute approximate surface area is 198 Å². The lowest BCUT2D eigenvalue weighted by Crippen LogP contribution is -2.23. The smallest absolute Gasteiger partial charge is 0.251 e. The lowest BCUT2D eigenvalue weighted by atomic mass is 10.1. The zero-order chi connectivity index (χ0) is 24.1. The molecular weight excluding hydrogens is 432 g/mol. The lowest BCUT2D eigenvalue weighted by Gasteiger charge is -2.14. The summed E-state index contributed by atoms with van der Waals surface area (Å²) in [6.07, 6.45) is 1.67. The van der Waals surface area contributed by atoms with Crippen LogP contribution >= 0.6 is 0 Å². The highest BCUT2D eigenvalue weighted by Gasteiger charge is 2.14. The second-order valence-electron chi connectivity index (χ2n) is 7.66. The Balaban J connectivity index is 1.59. The molecular formula is C27H26N2O5. The molecule has 0 aliphatic carbocycles. The summed E-state index contributed by atoms with van der Waals surface area (Å²) in [6.45, 7) is 2.27. The molecule has 174 valence electrons. The van der Waals surface area contributed by atoms with E-state index in [9.17, 15) is 4.79 Å². The van der Waals surface area contributed by atoms with Gasteiger partial charge >= 0.3 is 0 Å². The van der Waals surface area contributed by atoms with E-state index in [1.807, 2.05) is 49.4 Å². The Hall–Kier alpha value is -4.26. The van der Waals surface area contributed by atoms with E-state index in [1.54, 1.807) is 45.7 Å².